The summed E-state index contributed by atoms with van der Waals surface area (Å²) < 4.78 is 1.94. The molecule has 0 aliphatic carbocycles. The highest BCUT2D eigenvalue weighted by Gasteiger charge is 2.26. The molecule has 2 heterocycles. The molecule has 0 spiro atoms. The first kappa shape index (κ1) is 20.1. The smallest absolute Gasteiger partial charge is 0.224 e. The number of aryl methyl sites for hydroxylation is 2. The number of amides is 1. The van der Waals surface area contributed by atoms with Crippen LogP contribution in [0.4, 0.5) is 0 Å². The van der Waals surface area contributed by atoms with E-state index in [1.807, 2.05) is 25.6 Å². The molecular weight excluding hydrogens is 313 g/mol. The average molecular weight is 338 g/mol. The van der Waals surface area contributed by atoms with Crippen LogP contribution in [0, 0.1) is 5.92 Å². The molecule has 21 heavy (non-hydrogen) atoms. The van der Waals surface area contributed by atoms with Crippen molar-refractivity contribution in [3.63, 3.8) is 0 Å². The molecule has 122 valence electrons. The number of rotatable bonds is 5. The Morgan fingerprint density at radius 1 is 1.48 bits per heavy atom. The zero-order chi connectivity index (χ0) is 13.8. The minimum absolute atomic E-state index is 0. The summed E-state index contributed by atoms with van der Waals surface area (Å²) in [6, 6.07) is 0.00774. The lowest BCUT2D eigenvalue weighted by Gasteiger charge is -2.24. The average Bonchev–Trinajstić information content (AvgIpc) is 2.83. The Hall–Kier alpha value is -0.850. The van der Waals surface area contributed by atoms with Crippen molar-refractivity contribution in [3.8, 4) is 0 Å². The van der Waals surface area contributed by atoms with E-state index in [1.165, 1.54) is 0 Å². The van der Waals surface area contributed by atoms with Gasteiger partial charge < -0.3 is 10.6 Å². The monoisotopic (exact) mass is 337 g/mol. The van der Waals surface area contributed by atoms with E-state index >= 15 is 0 Å². The summed E-state index contributed by atoms with van der Waals surface area (Å²) in [4.78, 5) is 16.6. The van der Waals surface area contributed by atoms with E-state index in [1.54, 1.807) is 0 Å². The third-order valence-corrected chi connectivity index (χ3v) is 3.51. The first-order chi connectivity index (χ1) is 9.15. The van der Waals surface area contributed by atoms with Crippen LogP contribution in [0.15, 0.2) is 0 Å². The quantitative estimate of drug-likeness (QED) is 0.853. The van der Waals surface area contributed by atoms with Crippen LogP contribution in [-0.4, -0.2) is 34.3 Å². The van der Waals surface area contributed by atoms with E-state index in [4.69, 9.17) is 0 Å². The Morgan fingerprint density at radius 2 is 2.19 bits per heavy atom. The fourth-order valence-electron chi connectivity index (χ4n) is 2.40. The molecule has 2 atom stereocenters. The number of fused-ring (bicyclic) bond motifs is 1. The van der Waals surface area contributed by atoms with Gasteiger partial charge in [0.15, 0.2) is 5.82 Å². The van der Waals surface area contributed by atoms with Gasteiger partial charge in [-0.2, -0.15) is 5.10 Å². The number of nitrogens with zero attached hydrogens (tertiary/aromatic N) is 3. The highest BCUT2D eigenvalue weighted by molar-refractivity contribution is 5.85. The zero-order valence-electron chi connectivity index (χ0n) is 12.8. The fraction of sp³-hybridized carbons (Fsp3) is 0.769. The van der Waals surface area contributed by atoms with Gasteiger partial charge in [0.1, 0.15) is 5.82 Å². The van der Waals surface area contributed by atoms with E-state index in [9.17, 15) is 4.79 Å². The number of carbonyl (C=O) groups is 1. The van der Waals surface area contributed by atoms with Gasteiger partial charge in [0.25, 0.3) is 0 Å². The summed E-state index contributed by atoms with van der Waals surface area (Å²) in [5.41, 5.74) is 0. The van der Waals surface area contributed by atoms with E-state index in [0.29, 0.717) is 6.54 Å². The molecule has 0 saturated carbocycles. The van der Waals surface area contributed by atoms with E-state index in [2.05, 4.69) is 20.7 Å². The topological polar surface area (TPSA) is 71.8 Å². The zero-order valence-corrected chi connectivity index (χ0v) is 14.4. The molecule has 2 rings (SSSR count). The highest BCUT2D eigenvalue weighted by atomic mass is 35.5. The van der Waals surface area contributed by atoms with Gasteiger partial charge in [-0.3, -0.25) is 4.79 Å². The van der Waals surface area contributed by atoms with Gasteiger partial charge in [-0.1, -0.05) is 13.8 Å². The molecule has 1 aliphatic heterocycles. The minimum Gasteiger partial charge on any atom is -0.346 e. The number of aromatic nitrogens is 3. The van der Waals surface area contributed by atoms with E-state index in [-0.39, 0.29) is 42.7 Å². The molecular formula is C13H25Cl2N5O. The van der Waals surface area contributed by atoms with Crippen LogP contribution in [0.3, 0.4) is 0 Å². The highest BCUT2D eigenvalue weighted by Crippen LogP contribution is 2.23. The van der Waals surface area contributed by atoms with Crippen LogP contribution in [-0.2, 0) is 17.8 Å². The molecule has 1 aromatic rings. The van der Waals surface area contributed by atoms with Crippen molar-refractivity contribution in [2.24, 2.45) is 5.92 Å². The maximum Gasteiger partial charge on any atom is 0.224 e. The predicted octanol–water partition coefficient (Wildman–Crippen LogP) is 1.49. The Bertz CT molecular complexity index is 452. The molecule has 0 radical (unpaired) electrons. The molecule has 1 amide bonds. The number of hydrogen-bond donors (Lipinski definition) is 2. The summed E-state index contributed by atoms with van der Waals surface area (Å²) in [5.74, 6) is 1.82. The van der Waals surface area contributed by atoms with Crippen molar-refractivity contribution in [3.05, 3.63) is 11.6 Å². The summed E-state index contributed by atoms with van der Waals surface area (Å²) >= 11 is 0. The standard InChI is InChI=1S/C13H23N5O.2ClH/c1-4-11-16-12-10(6-5-7-18(12)17-11)15-13(19)9(2)8-14-3;;/h9-10,14H,4-8H2,1-3H3,(H,15,19);2*1H. The van der Waals surface area contributed by atoms with Crippen LogP contribution in [0.2, 0.25) is 0 Å². The van der Waals surface area contributed by atoms with Crippen LogP contribution in [0.25, 0.3) is 0 Å². The third kappa shape index (κ3) is 4.83. The first-order valence-corrected chi connectivity index (χ1v) is 7.04. The van der Waals surface area contributed by atoms with Crippen molar-refractivity contribution in [2.45, 2.75) is 45.7 Å². The lowest BCUT2D eigenvalue weighted by Crippen LogP contribution is -2.39. The van der Waals surface area contributed by atoms with Gasteiger partial charge in [-0.25, -0.2) is 9.67 Å². The van der Waals surface area contributed by atoms with Crippen molar-refractivity contribution >= 4 is 30.7 Å². The largest absolute Gasteiger partial charge is 0.346 e. The molecule has 2 N–H and O–H groups in total. The Morgan fingerprint density at radius 3 is 2.81 bits per heavy atom. The Labute approximate surface area is 138 Å². The SMILES string of the molecule is CCc1nc2n(n1)CCCC2NC(=O)C(C)CNC.Cl.Cl. The van der Waals surface area contributed by atoms with Crippen LogP contribution in [0.1, 0.15) is 44.4 Å². The predicted molar refractivity (Wildman–Crippen MR) is 87.1 cm³/mol. The fourth-order valence-corrected chi connectivity index (χ4v) is 2.40. The molecule has 0 fully saturated rings. The normalized spacial score (nSPS) is 18.0. The molecule has 1 aromatic heterocycles. The number of nitrogens with one attached hydrogen (secondary N) is 2. The Kier molecular flexibility index (Phi) is 8.85. The number of hydrogen-bond acceptors (Lipinski definition) is 4. The van der Waals surface area contributed by atoms with Gasteiger partial charge in [-0.15, -0.1) is 24.8 Å². The molecule has 8 heteroatoms. The van der Waals surface area contributed by atoms with Crippen LogP contribution >= 0.6 is 24.8 Å². The summed E-state index contributed by atoms with van der Waals surface area (Å²) in [6.07, 6.45) is 2.81. The van der Waals surface area contributed by atoms with Gasteiger partial charge in [0.05, 0.1) is 6.04 Å². The van der Waals surface area contributed by atoms with Crippen LogP contribution in [0.5, 0.6) is 0 Å². The summed E-state index contributed by atoms with van der Waals surface area (Å²) in [7, 11) is 1.86. The summed E-state index contributed by atoms with van der Waals surface area (Å²) in [6.45, 7) is 5.56. The third-order valence-electron chi connectivity index (χ3n) is 3.51. The van der Waals surface area contributed by atoms with Crippen molar-refractivity contribution < 1.29 is 4.79 Å². The van der Waals surface area contributed by atoms with Crippen LogP contribution < -0.4 is 10.6 Å². The number of halogens is 2. The molecule has 0 saturated heterocycles. The van der Waals surface area contributed by atoms with Crippen molar-refractivity contribution in [2.75, 3.05) is 13.6 Å². The molecule has 2 unspecified atom stereocenters. The van der Waals surface area contributed by atoms with Gasteiger partial charge in [-0.05, 0) is 19.9 Å². The molecule has 6 nitrogen and oxygen atoms in total. The molecule has 0 aromatic carbocycles. The van der Waals surface area contributed by atoms with Gasteiger partial charge >= 0.3 is 0 Å². The second-order valence-electron chi connectivity index (χ2n) is 5.13. The Balaban J connectivity index is 0.00000200. The second-order valence-corrected chi connectivity index (χ2v) is 5.13. The lowest BCUT2D eigenvalue weighted by molar-refractivity contribution is -0.125. The maximum atomic E-state index is 12.1. The van der Waals surface area contributed by atoms with Crippen molar-refractivity contribution in [1.29, 1.82) is 0 Å². The molecule has 1 aliphatic rings. The van der Waals surface area contributed by atoms with E-state index < -0.39 is 0 Å². The van der Waals surface area contributed by atoms with E-state index in [0.717, 1.165) is 37.5 Å². The lowest BCUT2D eigenvalue weighted by atomic mass is 10.1. The maximum absolute atomic E-state index is 12.1. The summed E-state index contributed by atoms with van der Waals surface area (Å²) in [5, 5.41) is 10.6. The second kappa shape index (κ2) is 9.23. The first-order valence-electron chi connectivity index (χ1n) is 7.04. The van der Waals surface area contributed by atoms with Crippen molar-refractivity contribution in [1.82, 2.24) is 25.4 Å². The molecule has 0 bridgehead atoms. The number of carbonyl (C=O) groups excluding carboxylic acids is 1. The van der Waals surface area contributed by atoms with Gasteiger partial charge in [0.2, 0.25) is 5.91 Å². The van der Waals surface area contributed by atoms with Gasteiger partial charge in [0, 0.05) is 25.4 Å². The minimum atomic E-state index is -0.0334.